The maximum absolute atomic E-state index is 15.1. The molecule has 9 nitrogen and oxygen atoms in total. The zero-order chi connectivity index (χ0) is 25.2. The van der Waals surface area contributed by atoms with Crippen LogP contribution in [0.1, 0.15) is 24.1 Å². The highest BCUT2D eigenvalue weighted by Gasteiger charge is 2.39. The molecule has 0 bridgehead atoms. The second kappa shape index (κ2) is 9.02. The summed E-state index contributed by atoms with van der Waals surface area (Å²) in [5.41, 5.74) is 1.47. The van der Waals surface area contributed by atoms with Gasteiger partial charge in [-0.25, -0.2) is 23.7 Å². The minimum absolute atomic E-state index is 0. The van der Waals surface area contributed by atoms with Gasteiger partial charge >= 0.3 is 0 Å². The third-order valence-corrected chi connectivity index (χ3v) is 6.68. The summed E-state index contributed by atoms with van der Waals surface area (Å²) < 4.78 is 36.7. The molecule has 1 atom stereocenters. The first kappa shape index (κ1) is 25.0. The summed E-state index contributed by atoms with van der Waals surface area (Å²) in [5.74, 6) is -1.10. The fourth-order valence-electron chi connectivity index (χ4n) is 4.57. The topological polar surface area (TPSA) is 105 Å². The Morgan fingerprint density at radius 3 is 2.62 bits per heavy atom. The SMILES string of the molecule is Cc1nc2cc(F)c(-c3cnc(C4(O)CNC4)nc3)cn2c1CN1C(=O)[C@@H](C)Oc2c(F)cccc21.Cl. The maximum atomic E-state index is 15.1. The number of benzene rings is 1. The van der Waals surface area contributed by atoms with E-state index in [0.29, 0.717) is 41.4 Å². The van der Waals surface area contributed by atoms with Crippen LogP contribution >= 0.6 is 12.4 Å². The van der Waals surface area contributed by atoms with Crippen molar-refractivity contribution in [1.29, 1.82) is 0 Å². The fraction of sp³-hybridized carbons (Fsp3) is 0.280. The number of aliphatic hydroxyl groups is 1. The molecule has 0 aliphatic carbocycles. The molecule has 3 aromatic heterocycles. The Kier molecular flexibility index (Phi) is 6.09. The van der Waals surface area contributed by atoms with E-state index in [9.17, 15) is 14.3 Å². The lowest BCUT2D eigenvalue weighted by Gasteiger charge is -2.35. The zero-order valence-corrected chi connectivity index (χ0v) is 20.7. The van der Waals surface area contributed by atoms with E-state index in [2.05, 4.69) is 20.3 Å². The third-order valence-electron chi connectivity index (χ3n) is 6.68. The van der Waals surface area contributed by atoms with Crippen molar-refractivity contribution in [2.45, 2.75) is 32.1 Å². The molecule has 0 unspecified atom stereocenters. The van der Waals surface area contributed by atoms with Crippen molar-refractivity contribution in [3.05, 3.63) is 71.7 Å². The molecule has 1 fully saturated rings. The van der Waals surface area contributed by atoms with Gasteiger partial charge in [-0.15, -0.1) is 12.4 Å². The number of halogens is 3. The number of rotatable bonds is 4. The standard InChI is InChI=1S/C25H22F2N6O3.ClH/c1-13-20(10-33-19-5-3-4-17(26)22(19)36-14(2)23(33)34)32-9-16(18(27)6-21(32)31-13)15-7-29-24(30-8-15)25(35)11-28-12-25;/h3-9,14,28,35H,10-12H2,1-2H3;1H/t14-;/m1./s1. The molecule has 4 aromatic rings. The molecule has 2 aliphatic rings. The minimum Gasteiger partial charge on any atom is -0.476 e. The van der Waals surface area contributed by atoms with E-state index in [1.807, 2.05) is 0 Å². The van der Waals surface area contributed by atoms with Crippen LogP contribution in [0.4, 0.5) is 14.5 Å². The Morgan fingerprint density at radius 1 is 1.22 bits per heavy atom. The van der Waals surface area contributed by atoms with Crippen LogP contribution in [-0.4, -0.2) is 49.6 Å². The number of nitrogens with zero attached hydrogens (tertiary/aromatic N) is 5. The Bertz CT molecular complexity index is 1520. The lowest BCUT2D eigenvalue weighted by molar-refractivity contribution is -0.125. The number of β-amino-alcohol motifs (C(OH)–C–C–N with tert-alkyl or cyclic N) is 1. The van der Waals surface area contributed by atoms with Crippen LogP contribution in [0.15, 0.2) is 42.9 Å². The van der Waals surface area contributed by atoms with Gasteiger partial charge in [0.1, 0.15) is 17.1 Å². The van der Waals surface area contributed by atoms with Crippen LogP contribution in [0.3, 0.4) is 0 Å². The van der Waals surface area contributed by atoms with Crippen LogP contribution in [0.5, 0.6) is 5.75 Å². The molecule has 12 heteroatoms. The van der Waals surface area contributed by atoms with Crippen molar-refractivity contribution in [1.82, 2.24) is 24.7 Å². The summed E-state index contributed by atoms with van der Waals surface area (Å²) in [7, 11) is 0. The van der Waals surface area contributed by atoms with Crippen LogP contribution in [0.2, 0.25) is 0 Å². The molecule has 0 saturated carbocycles. The third kappa shape index (κ3) is 3.99. The summed E-state index contributed by atoms with van der Waals surface area (Å²) in [4.78, 5) is 27.4. The second-order valence-electron chi connectivity index (χ2n) is 9.11. The molecule has 1 aromatic carbocycles. The number of carbonyl (C=O) groups is 1. The summed E-state index contributed by atoms with van der Waals surface area (Å²) in [6.07, 6.45) is 3.66. The summed E-state index contributed by atoms with van der Waals surface area (Å²) in [6.45, 7) is 4.13. The maximum Gasteiger partial charge on any atom is 0.268 e. The van der Waals surface area contributed by atoms with Gasteiger partial charge < -0.3 is 19.6 Å². The highest BCUT2D eigenvalue weighted by molar-refractivity contribution is 5.99. The average Bonchev–Trinajstić information content (AvgIpc) is 3.14. The zero-order valence-electron chi connectivity index (χ0n) is 19.9. The average molecular weight is 529 g/mol. The van der Waals surface area contributed by atoms with Gasteiger partial charge in [0, 0.05) is 48.9 Å². The number of amides is 1. The molecule has 2 aliphatic heterocycles. The number of para-hydroxylation sites is 1. The molecule has 37 heavy (non-hydrogen) atoms. The van der Waals surface area contributed by atoms with Crippen LogP contribution in [0, 0.1) is 18.6 Å². The first-order valence-corrected chi connectivity index (χ1v) is 11.4. The smallest absolute Gasteiger partial charge is 0.268 e. The molecular weight excluding hydrogens is 506 g/mol. The number of aryl methyl sites for hydroxylation is 1. The number of aromatic nitrogens is 4. The summed E-state index contributed by atoms with van der Waals surface area (Å²) >= 11 is 0. The molecule has 5 heterocycles. The number of pyridine rings is 1. The lowest BCUT2D eigenvalue weighted by Crippen LogP contribution is -2.57. The molecule has 2 N–H and O–H groups in total. The van der Waals surface area contributed by atoms with Crippen molar-refractivity contribution in [2.24, 2.45) is 0 Å². The van der Waals surface area contributed by atoms with Gasteiger partial charge in [-0.05, 0) is 26.0 Å². The van der Waals surface area contributed by atoms with E-state index in [4.69, 9.17) is 4.74 Å². The minimum atomic E-state index is -1.12. The van der Waals surface area contributed by atoms with Crippen LogP contribution < -0.4 is 15.0 Å². The molecular formula is C25H23ClF2N6O3. The first-order valence-electron chi connectivity index (χ1n) is 11.4. The number of ether oxygens (including phenoxy) is 1. The second-order valence-corrected chi connectivity index (χ2v) is 9.11. The van der Waals surface area contributed by atoms with Crippen molar-refractivity contribution < 1.29 is 23.4 Å². The van der Waals surface area contributed by atoms with E-state index < -0.39 is 23.3 Å². The molecule has 1 amide bonds. The number of fused-ring (bicyclic) bond motifs is 2. The van der Waals surface area contributed by atoms with Gasteiger partial charge in [0.05, 0.1) is 23.6 Å². The number of anilines is 1. The molecule has 1 saturated heterocycles. The Balaban J connectivity index is 0.00000280. The monoisotopic (exact) mass is 528 g/mol. The number of carbonyl (C=O) groups excluding carboxylic acids is 1. The number of imidazole rings is 1. The lowest BCUT2D eigenvalue weighted by atomic mass is 9.96. The predicted octanol–water partition coefficient (Wildman–Crippen LogP) is 2.90. The number of hydrogen-bond acceptors (Lipinski definition) is 7. The number of nitrogens with one attached hydrogen (secondary N) is 1. The quantitative estimate of drug-likeness (QED) is 0.419. The molecule has 0 radical (unpaired) electrons. The van der Waals surface area contributed by atoms with Crippen molar-refractivity contribution in [3.63, 3.8) is 0 Å². The van der Waals surface area contributed by atoms with E-state index in [1.54, 1.807) is 30.5 Å². The molecule has 0 spiro atoms. The van der Waals surface area contributed by atoms with Gasteiger partial charge in [0.15, 0.2) is 23.5 Å². The van der Waals surface area contributed by atoms with Crippen molar-refractivity contribution in [2.75, 3.05) is 18.0 Å². The van der Waals surface area contributed by atoms with Gasteiger partial charge in [-0.3, -0.25) is 9.69 Å². The van der Waals surface area contributed by atoms with Crippen LogP contribution in [0.25, 0.3) is 16.8 Å². The molecule has 6 rings (SSSR count). The van der Waals surface area contributed by atoms with E-state index in [0.717, 1.165) is 0 Å². The predicted molar refractivity (Wildman–Crippen MR) is 133 cm³/mol. The molecule has 192 valence electrons. The van der Waals surface area contributed by atoms with E-state index in [1.165, 1.54) is 35.5 Å². The fourth-order valence-corrected chi connectivity index (χ4v) is 4.57. The highest BCUT2D eigenvalue weighted by atomic mass is 35.5. The highest BCUT2D eigenvalue weighted by Crippen LogP contribution is 2.37. The van der Waals surface area contributed by atoms with Crippen molar-refractivity contribution >= 4 is 29.6 Å². The summed E-state index contributed by atoms with van der Waals surface area (Å²) in [5, 5.41) is 13.4. The Morgan fingerprint density at radius 2 is 1.95 bits per heavy atom. The largest absolute Gasteiger partial charge is 0.476 e. The first-order chi connectivity index (χ1) is 17.2. The van der Waals surface area contributed by atoms with Gasteiger partial charge in [-0.2, -0.15) is 0 Å². The normalized spacial score (nSPS) is 18.1. The van der Waals surface area contributed by atoms with Crippen molar-refractivity contribution in [3.8, 4) is 16.9 Å². The van der Waals surface area contributed by atoms with Gasteiger partial charge in [0.2, 0.25) is 0 Å². The van der Waals surface area contributed by atoms with E-state index in [-0.39, 0.29) is 42.0 Å². The number of hydrogen-bond donors (Lipinski definition) is 2. The van der Waals surface area contributed by atoms with Crippen LogP contribution in [-0.2, 0) is 16.9 Å². The summed E-state index contributed by atoms with van der Waals surface area (Å²) in [6, 6.07) is 5.72. The van der Waals surface area contributed by atoms with Gasteiger partial charge in [-0.1, -0.05) is 6.07 Å². The Labute approximate surface area is 216 Å². The van der Waals surface area contributed by atoms with Gasteiger partial charge in [0.25, 0.3) is 5.91 Å². The van der Waals surface area contributed by atoms with E-state index >= 15 is 4.39 Å². The Hall–Kier alpha value is -3.67.